The van der Waals surface area contributed by atoms with Gasteiger partial charge in [0.05, 0.1) is 6.54 Å². The van der Waals surface area contributed by atoms with Crippen molar-refractivity contribution in [2.45, 2.75) is 85.9 Å². The van der Waals surface area contributed by atoms with E-state index in [1.54, 1.807) is 6.20 Å². The first kappa shape index (κ1) is 26.0. The van der Waals surface area contributed by atoms with E-state index in [0.29, 0.717) is 19.7 Å². The van der Waals surface area contributed by atoms with Crippen LogP contribution in [0.1, 0.15) is 52.8 Å². The molecule has 0 radical (unpaired) electrons. The molecule has 0 aliphatic carbocycles. The molecule has 2 aromatic rings. The molecule has 174 valence electrons. The Morgan fingerprint density at radius 1 is 1.29 bits per heavy atom. The highest BCUT2D eigenvalue weighted by molar-refractivity contribution is 9.10. The standard InChI is InChI=1S/C23H39BrN4O2Si/c1-8-11-27(21(29)9-10-23(2,3)4)16-20-26-19-14-18(24)15-25-22(19)28(20)17-30-12-13-31(5,6)7/h14-15H,8-13,16-17H2,1-7H3. The second-order valence-corrected chi connectivity index (χ2v) is 17.2. The Bertz CT molecular complexity index is 871. The van der Waals surface area contributed by atoms with Crippen LogP contribution in [0.25, 0.3) is 11.2 Å². The number of imidazole rings is 1. The summed E-state index contributed by atoms with van der Waals surface area (Å²) in [6.45, 7) is 18.0. The molecule has 0 bridgehead atoms. The largest absolute Gasteiger partial charge is 0.361 e. The third kappa shape index (κ3) is 8.65. The van der Waals surface area contributed by atoms with Crippen LogP contribution in [0.3, 0.4) is 0 Å². The van der Waals surface area contributed by atoms with Crippen LogP contribution in [-0.2, 0) is 22.8 Å². The molecule has 1 amide bonds. The summed E-state index contributed by atoms with van der Waals surface area (Å²) in [5, 5.41) is 0. The Morgan fingerprint density at radius 3 is 2.61 bits per heavy atom. The van der Waals surface area contributed by atoms with Gasteiger partial charge in [-0.25, -0.2) is 9.97 Å². The molecule has 0 aromatic carbocycles. The van der Waals surface area contributed by atoms with Gasteiger partial charge >= 0.3 is 0 Å². The number of fused-ring (bicyclic) bond motifs is 1. The first-order valence-corrected chi connectivity index (χ1v) is 15.8. The molecule has 0 spiro atoms. The molecule has 0 atom stereocenters. The molecule has 2 rings (SSSR count). The van der Waals surface area contributed by atoms with Crippen LogP contribution in [0.2, 0.25) is 25.7 Å². The van der Waals surface area contributed by atoms with Crippen LogP contribution in [0, 0.1) is 5.41 Å². The zero-order chi connectivity index (χ0) is 23.2. The van der Waals surface area contributed by atoms with Gasteiger partial charge in [-0.2, -0.15) is 0 Å². The topological polar surface area (TPSA) is 60.3 Å². The molecule has 31 heavy (non-hydrogen) atoms. The van der Waals surface area contributed by atoms with E-state index in [9.17, 15) is 4.79 Å². The van der Waals surface area contributed by atoms with Gasteiger partial charge in [-0.1, -0.05) is 47.3 Å². The van der Waals surface area contributed by atoms with Gasteiger partial charge in [0, 0.05) is 38.3 Å². The van der Waals surface area contributed by atoms with E-state index >= 15 is 0 Å². The third-order valence-electron chi connectivity index (χ3n) is 5.11. The number of carbonyl (C=O) groups excluding carboxylic acids is 1. The Labute approximate surface area is 196 Å². The summed E-state index contributed by atoms with van der Waals surface area (Å²) < 4.78 is 8.94. The second-order valence-electron chi connectivity index (χ2n) is 10.7. The van der Waals surface area contributed by atoms with Crippen LogP contribution >= 0.6 is 15.9 Å². The van der Waals surface area contributed by atoms with Gasteiger partial charge in [-0.3, -0.25) is 9.36 Å². The Morgan fingerprint density at radius 2 is 2.00 bits per heavy atom. The van der Waals surface area contributed by atoms with Crippen molar-refractivity contribution in [2.75, 3.05) is 13.2 Å². The van der Waals surface area contributed by atoms with Crippen molar-refractivity contribution in [3.05, 3.63) is 22.6 Å². The lowest BCUT2D eigenvalue weighted by Gasteiger charge is -2.25. The maximum absolute atomic E-state index is 13.0. The van der Waals surface area contributed by atoms with Gasteiger partial charge in [0.1, 0.15) is 18.1 Å². The van der Waals surface area contributed by atoms with Crippen molar-refractivity contribution < 1.29 is 9.53 Å². The summed E-state index contributed by atoms with van der Waals surface area (Å²) in [7, 11) is -1.16. The number of ether oxygens (including phenoxy) is 1. The van der Waals surface area contributed by atoms with Crippen molar-refractivity contribution in [2.24, 2.45) is 5.41 Å². The SMILES string of the molecule is CCCN(Cc1nc2cc(Br)cnc2n1COCC[Si](C)(C)C)C(=O)CCC(C)(C)C. The lowest BCUT2D eigenvalue weighted by Crippen LogP contribution is -2.33. The van der Waals surface area contributed by atoms with Crippen LogP contribution < -0.4 is 0 Å². The van der Waals surface area contributed by atoms with Crippen LogP contribution in [0.4, 0.5) is 0 Å². The lowest BCUT2D eigenvalue weighted by atomic mass is 9.90. The summed E-state index contributed by atoms with van der Waals surface area (Å²) in [6, 6.07) is 3.08. The van der Waals surface area contributed by atoms with Crippen molar-refractivity contribution in [1.29, 1.82) is 0 Å². The van der Waals surface area contributed by atoms with Crippen LogP contribution in [0.15, 0.2) is 16.7 Å². The van der Waals surface area contributed by atoms with Crippen molar-refractivity contribution in [3.63, 3.8) is 0 Å². The number of hydrogen-bond donors (Lipinski definition) is 0. The van der Waals surface area contributed by atoms with Crippen LogP contribution in [0.5, 0.6) is 0 Å². The molecular weight excluding hydrogens is 472 g/mol. The molecule has 0 unspecified atom stereocenters. The van der Waals surface area contributed by atoms with E-state index in [-0.39, 0.29) is 11.3 Å². The van der Waals surface area contributed by atoms with Gasteiger partial charge < -0.3 is 9.64 Å². The smallest absolute Gasteiger partial charge is 0.222 e. The molecule has 0 fully saturated rings. The first-order valence-electron chi connectivity index (χ1n) is 11.3. The predicted octanol–water partition coefficient (Wildman–Crippen LogP) is 6.07. The Balaban J connectivity index is 2.23. The van der Waals surface area contributed by atoms with E-state index in [4.69, 9.17) is 9.72 Å². The zero-order valence-corrected chi connectivity index (χ0v) is 22.9. The molecule has 0 saturated heterocycles. The van der Waals surface area contributed by atoms with Crippen molar-refractivity contribution in [3.8, 4) is 0 Å². The highest BCUT2D eigenvalue weighted by atomic mass is 79.9. The maximum atomic E-state index is 13.0. The lowest BCUT2D eigenvalue weighted by molar-refractivity contribution is -0.132. The summed E-state index contributed by atoms with van der Waals surface area (Å²) in [4.78, 5) is 24.3. The van der Waals surface area contributed by atoms with E-state index in [1.165, 1.54) is 0 Å². The fourth-order valence-corrected chi connectivity index (χ4v) is 4.27. The number of rotatable bonds is 11. The van der Waals surface area contributed by atoms with Gasteiger partial charge in [-0.15, -0.1) is 0 Å². The molecule has 6 nitrogen and oxygen atoms in total. The number of pyridine rings is 1. The maximum Gasteiger partial charge on any atom is 0.222 e. The van der Waals surface area contributed by atoms with Crippen molar-refractivity contribution in [1.82, 2.24) is 19.4 Å². The van der Waals surface area contributed by atoms with Crippen molar-refractivity contribution >= 4 is 41.1 Å². The summed E-state index contributed by atoms with van der Waals surface area (Å²) in [5.41, 5.74) is 1.75. The molecule has 2 heterocycles. The molecule has 0 aliphatic heterocycles. The van der Waals surface area contributed by atoms with Gasteiger partial charge in [0.25, 0.3) is 0 Å². The van der Waals surface area contributed by atoms with Crippen LogP contribution in [-0.4, -0.2) is 46.6 Å². The molecular formula is C23H39BrN4O2Si. The quantitative estimate of drug-likeness (QED) is 0.271. The number of nitrogens with zero attached hydrogens (tertiary/aromatic N) is 4. The second kappa shape index (κ2) is 11.1. The van der Waals surface area contributed by atoms with E-state index in [2.05, 4.69) is 68.2 Å². The van der Waals surface area contributed by atoms with Gasteiger partial charge in [-0.05, 0) is 46.3 Å². The third-order valence-corrected chi connectivity index (χ3v) is 7.25. The number of carbonyl (C=O) groups is 1. The average Bonchev–Trinajstić information content (AvgIpc) is 2.97. The summed E-state index contributed by atoms with van der Waals surface area (Å²) >= 11 is 3.49. The minimum absolute atomic E-state index is 0.140. The molecule has 0 aliphatic rings. The molecule has 0 saturated carbocycles. The zero-order valence-electron chi connectivity index (χ0n) is 20.3. The predicted molar refractivity (Wildman–Crippen MR) is 134 cm³/mol. The van der Waals surface area contributed by atoms with Gasteiger partial charge in [0.2, 0.25) is 5.91 Å². The number of aromatic nitrogens is 3. The number of amides is 1. The normalized spacial score (nSPS) is 12.5. The van der Waals surface area contributed by atoms with E-state index in [1.807, 2.05) is 15.5 Å². The minimum atomic E-state index is -1.16. The Hall–Kier alpha value is -1.25. The molecule has 8 heteroatoms. The minimum Gasteiger partial charge on any atom is -0.361 e. The summed E-state index contributed by atoms with van der Waals surface area (Å²) in [6.07, 6.45) is 4.12. The van der Waals surface area contributed by atoms with E-state index < -0.39 is 8.07 Å². The fourth-order valence-electron chi connectivity index (χ4n) is 3.20. The molecule has 0 N–H and O–H groups in total. The number of hydrogen-bond acceptors (Lipinski definition) is 4. The monoisotopic (exact) mass is 510 g/mol. The van der Waals surface area contributed by atoms with E-state index in [0.717, 1.165) is 53.5 Å². The highest BCUT2D eigenvalue weighted by Crippen LogP contribution is 2.23. The Kier molecular flexibility index (Phi) is 9.27. The van der Waals surface area contributed by atoms with Gasteiger partial charge in [0.15, 0.2) is 5.65 Å². The number of halogens is 1. The molecule has 2 aromatic heterocycles. The highest BCUT2D eigenvalue weighted by Gasteiger charge is 2.21. The fraction of sp³-hybridized carbons (Fsp3) is 0.696. The summed E-state index contributed by atoms with van der Waals surface area (Å²) in [5.74, 6) is 1.01. The average molecular weight is 512 g/mol. The first-order chi connectivity index (χ1) is 14.4.